The van der Waals surface area contributed by atoms with Gasteiger partial charge in [-0.1, -0.05) is 38.0 Å². The highest BCUT2D eigenvalue weighted by Gasteiger charge is 2.24. The van der Waals surface area contributed by atoms with E-state index in [2.05, 4.69) is 17.2 Å². The quantitative estimate of drug-likeness (QED) is 0.216. The van der Waals surface area contributed by atoms with E-state index in [1.807, 2.05) is 73.8 Å². The van der Waals surface area contributed by atoms with E-state index < -0.39 is 0 Å². The fourth-order valence-electron chi connectivity index (χ4n) is 6.50. The minimum atomic E-state index is -0.175. The molecule has 0 bridgehead atoms. The van der Waals surface area contributed by atoms with Crippen LogP contribution in [-0.2, 0) is 0 Å². The molecule has 0 saturated heterocycles. The molecule has 2 saturated carbocycles. The number of hydrogen-bond acceptors (Lipinski definition) is 7. The van der Waals surface area contributed by atoms with Gasteiger partial charge >= 0.3 is 0 Å². The van der Waals surface area contributed by atoms with Crippen LogP contribution in [0.5, 0.6) is 5.75 Å². The summed E-state index contributed by atoms with van der Waals surface area (Å²) < 4.78 is 7.82. The van der Waals surface area contributed by atoms with Gasteiger partial charge in [-0.3, -0.25) is 9.36 Å². The number of fused-ring (bicyclic) bond motifs is 1. The Bertz CT molecular complexity index is 1810. The van der Waals surface area contributed by atoms with Gasteiger partial charge in [0.05, 0.1) is 17.4 Å². The Kier molecular flexibility index (Phi) is 7.35. The number of benzene rings is 2. The largest absolute Gasteiger partial charge is 0.490 e. The summed E-state index contributed by atoms with van der Waals surface area (Å²) in [5.74, 6) is 3.28. The average Bonchev–Trinajstić information content (AvgIpc) is 3.71. The second-order valence-corrected chi connectivity index (χ2v) is 12.0. The first-order valence-corrected chi connectivity index (χ1v) is 15.4. The highest BCUT2D eigenvalue weighted by Crippen LogP contribution is 2.33. The van der Waals surface area contributed by atoms with Crippen molar-refractivity contribution in [2.24, 2.45) is 5.92 Å². The van der Waals surface area contributed by atoms with Gasteiger partial charge in [-0.25, -0.2) is 15.0 Å². The summed E-state index contributed by atoms with van der Waals surface area (Å²) in [5.41, 5.74) is 3.99. The van der Waals surface area contributed by atoms with E-state index in [0.717, 1.165) is 71.2 Å². The molecule has 0 radical (unpaired) electrons. The van der Waals surface area contributed by atoms with E-state index in [-0.39, 0.29) is 11.7 Å². The molecule has 3 heterocycles. The summed E-state index contributed by atoms with van der Waals surface area (Å²) in [6, 6.07) is 19.3. The van der Waals surface area contributed by atoms with Crippen LogP contribution in [0.25, 0.3) is 27.8 Å². The fraction of sp³-hybridized carbons (Fsp3) is 0.343. The Hall–Kier alpha value is -4.59. The Morgan fingerprint density at radius 2 is 1.67 bits per heavy atom. The second-order valence-electron chi connectivity index (χ2n) is 12.0. The van der Waals surface area contributed by atoms with E-state index >= 15 is 0 Å². The van der Waals surface area contributed by atoms with Crippen LogP contribution >= 0.6 is 0 Å². The summed E-state index contributed by atoms with van der Waals surface area (Å²) in [5, 5.41) is 4.05. The molecule has 8 nitrogen and oxygen atoms in total. The lowest BCUT2D eigenvalue weighted by Crippen LogP contribution is -2.22. The molecular formula is C35H36N6O2. The van der Waals surface area contributed by atoms with Crippen LogP contribution < -0.4 is 15.6 Å². The minimum absolute atomic E-state index is 0.175. The van der Waals surface area contributed by atoms with Gasteiger partial charge in [-0.15, -0.1) is 0 Å². The zero-order chi connectivity index (χ0) is 29.3. The second kappa shape index (κ2) is 11.6. The summed E-state index contributed by atoms with van der Waals surface area (Å²) in [6.07, 6.45) is 12.0. The molecule has 43 heavy (non-hydrogen) atoms. The molecule has 0 aliphatic heterocycles. The van der Waals surface area contributed by atoms with Gasteiger partial charge in [0.25, 0.3) is 5.56 Å². The molecule has 2 aliphatic rings. The first kappa shape index (κ1) is 27.3. The van der Waals surface area contributed by atoms with Gasteiger partial charge in [0, 0.05) is 40.6 Å². The third-order valence-electron chi connectivity index (χ3n) is 8.82. The molecule has 218 valence electrons. The average molecular weight is 573 g/mol. The van der Waals surface area contributed by atoms with Crippen LogP contribution in [0.1, 0.15) is 69.3 Å². The maximum Gasteiger partial charge on any atom is 0.264 e. The fourth-order valence-corrected chi connectivity index (χ4v) is 6.50. The van der Waals surface area contributed by atoms with Crippen LogP contribution in [-0.4, -0.2) is 30.6 Å². The number of rotatable bonds is 7. The third-order valence-corrected chi connectivity index (χ3v) is 8.82. The number of nitrogens with zero attached hydrogens (tertiary/aromatic N) is 5. The topological polar surface area (TPSA) is 94.8 Å². The smallest absolute Gasteiger partial charge is 0.264 e. The van der Waals surface area contributed by atoms with Crippen LogP contribution in [0.2, 0.25) is 0 Å². The zero-order valence-corrected chi connectivity index (χ0v) is 24.7. The highest BCUT2D eigenvalue weighted by atomic mass is 16.5. The van der Waals surface area contributed by atoms with Crippen molar-refractivity contribution >= 4 is 22.7 Å². The Morgan fingerprint density at radius 1 is 0.884 bits per heavy atom. The van der Waals surface area contributed by atoms with Crippen LogP contribution in [0.3, 0.4) is 0 Å². The van der Waals surface area contributed by atoms with Gasteiger partial charge in [0.2, 0.25) is 5.95 Å². The van der Waals surface area contributed by atoms with Crippen molar-refractivity contribution in [3.05, 3.63) is 94.9 Å². The van der Waals surface area contributed by atoms with E-state index in [9.17, 15) is 4.79 Å². The van der Waals surface area contributed by atoms with Gasteiger partial charge in [0.1, 0.15) is 11.6 Å². The van der Waals surface area contributed by atoms with Crippen molar-refractivity contribution in [3.63, 3.8) is 0 Å². The van der Waals surface area contributed by atoms with E-state index in [0.29, 0.717) is 23.1 Å². The Balaban J connectivity index is 1.23. The number of pyridine rings is 1. The minimum Gasteiger partial charge on any atom is -0.490 e. The molecule has 8 heteroatoms. The van der Waals surface area contributed by atoms with Gasteiger partial charge in [-0.2, -0.15) is 4.98 Å². The summed E-state index contributed by atoms with van der Waals surface area (Å²) in [4.78, 5) is 33.1. The molecule has 2 unspecified atom stereocenters. The lowest BCUT2D eigenvalue weighted by Gasteiger charge is -2.16. The summed E-state index contributed by atoms with van der Waals surface area (Å²) in [7, 11) is 0. The van der Waals surface area contributed by atoms with E-state index in [4.69, 9.17) is 19.7 Å². The predicted octanol–water partition coefficient (Wildman–Crippen LogP) is 7.51. The van der Waals surface area contributed by atoms with Crippen LogP contribution in [0.4, 0.5) is 11.6 Å². The molecule has 2 aliphatic carbocycles. The number of hydrogen-bond donors (Lipinski definition) is 1. The van der Waals surface area contributed by atoms with Crippen molar-refractivity contribution < 1.29 is 4.74 Å². The van der Waals surface area contributed by atoms with Crippen molar-refractivity contribution in [1.82, 2.24) is 24.5 Å². The maximum atomic E-state index is 14.2. The highest BCUT2D eigenvalue weighted by molar-refractivity contribution is 5.83. The lowest BCUT2D eigenvalue weighted by molar-refractivity contribution is 0.205. The molecule has 7 rings (SSSR count). The molecule has 1 N–H and O–H groups in total. The molecule has 2 atom stereocenters. The molecule has 5 aromatic rings. The van der Waals surface area contributed by atoms with Crippen molar-refractivity contribution in [2.75, 3.05) is 5.32 Å². The summed E-state index contributed by atoms with van der Waals surface area (Å²) in [6.45, 7) is 4.24. The maximum absolute atomic E-state index is 14.2. The van der Waals surface area contributed by atoms with Gasteiger partial charge in [0.15, 0.2) is 5.65 Å². The molecule has 0 spiro atoms. The lowest BCUT2D eigenvalue weighted by atomic mass is 10.0. The summed E-state index contributed by atoms with van der Waals surface area (Å²) >= 11 is 0. The predicted molar refractivity (Wildman–Crippen MR) is 169 cm³/mol. The third kappa shape index (κ3) is 5.61. The monoisotopic (exact) mass is 572 g/mol. The number of aromatic nitrogens is 5. The number of aryl methyl sites for hydroxylation is 1. The Morgan fingerprint density at radius 3 is 2.40 bits per heavy atom. The van der Waals surface area contributed by atoms with Crippen molar-refractivity contribution in [3.8, 4) is 22.6 Å². The number of para-hydroxylation sites is 1. The van der Waals surface area contributed by atoms with Crippen molar-refractivity contribution in [2.45, 2.75) is 70.8 Å². The van der Waals surface area contributed by atoms with E-state index in [1.54, 1.807) is 10.8 Å². The van der Waals surface area contributed by atoms with Crippen LogP contribution in [0, 0.1) is 12.8 Å². The molecule has 2 aromatic carbocycles. The first-order valence-electron chi connectivity index (χ1n) is 15.4. The number of nitrogens with one attached hydrogen (secondary N) is 1. The van der Waals surface area contributed by atoms with E-state index in [1.165, 1.54) is 19.3 Å². The standard InChI is InChI=1S/C35H36N6O2/c1-22-12-15-29(18-22)43-28-16-13-26(14-17-28)39-35-37-20-25-19-30(31-21-36-32(38-23(31)2)24-8-6-7-9-24)34(42)41(33(25)40-35)27-10-4-3-5-11-27/h3-5,10-11,13-14,16-17,19-22,24,29H,6-9,12,15,18H2,1-2H3,(H,37,39,40). The molecule has 3 aromatic heterocycles. The number of ether oxygens (including phenoxy) is 1. The molecular weight excluding hydrogens is 536 g/mol. The molecule has 2 fully saturated rings. The SMILES string of the molecule is Cc1nc(C2CCCC2)ncc1-c1cc2cnc(Nc3ccc(OC4CCC(C)C4)cc3)nc2n(-c2ccccc2)c1=O. The molecule has 0 amide bonds. The Labute approximate surface area is 251 Å². The number of anilines is 2. The van der Waals surface area contributed by atoms with Crippen LogP contribution in [0.15, 0.2) is 77.9 Å². The normalized spacial score (nSPS) is 18.7. The first-order chi connectivity index (χ1) is 21.0. The van der Waals surface area contributed by atoms with Gasteiger partial charge < -0.3 is 10.1 Å². The zero-order valence-electron chi connectivity index (χ0n) is 24.7. The van der Waals surface area contributed by atoms with Gasteiger partial charge in [-0.05, 0) is 87.4 Å². The van der Waals surface area contributed by atoms with Crippen molar-refractivity contribution in [1.29, 1.82) is 0 Å².